The van der Waals surface area contributed by atoms with Gasteiger partial charge < -0.3 is 20.5 Å². The molecule has 2 fully saturated rings. The van der Waals surface area contributed by atoms with Crippen LogP contribution in [0.2, 0.25) is 0 Å². The van der Waals surface area contributed by atoms with Crippen molar-refractivity contribution in [3.63, 3.8) is 0 Å². The molecule has 0 bridgehead atoms. The van der Waals surface area contributed by atoms with Crippen LogP contribution in [-0.2, 0) is 37.2 Å². The Kier molecular flexibility index (Phi) is 5.86. The Morgan fingerprint density at radius 1 is 1.11 bits per heavy atom. The number of aromatic amines is 1. The lowest BCUT2D eigenvalue weighted by Crippen LogP contribution is -2.61. The number of hydrogen-bond acceptors (Lipinski definition) is 5. The maximum Gasteiger partial charge on any atom is 0.245 e. The molecular weight excluding hydrogens is 480 g/mol. The minimum atomic E-state index is -3.74. The first kappa shape index (κ1) is 24.1. The molecule has 3 N–H and O–H groups in total. The van der Waals surface area contributed by atoms with E-state index in [0.717, 1.165) is 26.9 Å². The average molecular weight is 509 g/mol. The zero-order valence-corrected chi connectivity index (χ0v) is 20.8. The van der Waals surface area contributed by atoms with Crippen molar-refractivity contribution in [2.45, 2.75) is 55.4 Å². The second-order valence-electron chi connectivity index (χ2n) is 9.84. The van der Waals surface area contributed by atoms with Gasteiger partial charge in [0.05, 0.1) is 11.2 Å². The number of nitrogens with zero attached hydrogens (tertiary/aromatic N) is 1. The zero-order chi connectivity index (χ0) is 25.7. The smallest absolute Gasteiger partial charge is 0.245 e. The summed E-state index contributed by atoms with van der Waals surface area (Å²) in [5.41, 5.74) is 2.64. The summed E-state index contributed by atoms with van der Waals surface area (Å²) in [7, 11) is -3.74. The van der Waals surface area contributed by atoms with E-state index < -0.39 is 43.9 Å². The number of aromatic nitrogens is 1. The molecule has 0 unspecified atom stereocenters. The Balaban J connectivity index is 1.41. The fraction of sp³-hybridized carbons (Fsp3) is 0.346. The number of fused-ring (bicyclic) bond motifs is 2. The second kappa shape index (κ2) is 8.77. The molecule has 2 saturated heterocycles. The van der Waals surface area contributed by atoms with Gasteiger partial charge in [0.15, 0.2) is 9.84 Å². The summed E-state index contributed by atoms with van der Waals surface area (Å²) in [4.78, 5) is 43.4. The normalized spacial score (nSPS) is 22.5. The molecule has 5 rings (SSSR count). The number of carbonyl (C=O) groups excluding carboxylic acids is 3. The monoisotopic (exact) mass is 508 g/mol. The number of nitrogens with one attached hydrogen (secondary N) is 3. The van der Waals surface area contributed by atoms with Crippen molar-refractivity contribution >= 4 is 38.5 Å². The van der Waals surface area contributed by atoms with E-state index in [9.17, 15) is 22.8 Å². The van der Waals surface area contributed by atoms with Crippen molar-refractivity contribution in [2.75, 3.05) is 0 Å². The molecule has 1 aromatic heterocycles. The van der Waals surface area contributed by atoms with Gasteiger partial charge in [-0.05, 0) is 31.0 Å². The summed E-state index contributed by atoms with van der Waals surface area (Å²) in [5, 5.41) is 5.58. The average Bonchev–Trinajstić information content (AvgIpc) is 3.31. The lowest BCUT2D eigenvalue weighted by Gasteiger charge is -2.37. The SMILES string of the molecule is CC1(C)[C@@H](C(=O)N[C@@H](Cc2c[nH]c3ccccc23)C(=O)NCc2ccccc2)N2C(=O)C[C@H]2S1(=O)=O. The van der Waals surface area contributed by atoms with Crippen molar-refractivity contribution < 1.29 is 22.8 Å². The topological polar surface area (TPSA) is 128 Å². The Labute approximate surface area is 209 Å². The van der Waals surface area contributed by atoms with Crippen LogP contribution >= 0.6 is 0 Å². The molecule has 0 aliphatic carbocycles. The maximum absolute atomic E-state index is 13.5. The molecule has 0 saturated carbocycles. The second-order valence-corrected chi connectivity index (χ2v) is 12.5. The Bertz CT molecular complexity index is 1450. The molecule has 2 aliphatic rings. The third kappa shape index (κ3) is 3.85. The lowest BCUT2D eigenvalue weighted by atomic mass is 9.96. The minimum absolute atomic E-state index is 0.119. The standard InChI is InChI=1S/C26H28N4O5S/c1-26(2)23(30-21(31)13-22(30)36(26,34)35)25(33)29-20(24(32)28-14-16-8-4-3-5-9-16)12-17-15-27-19-11-7-6-10-18(17)19/h3-11,15,20,22-23,27H,12-14H2,1-2H3,(H,28,32)(H,29,33)/t20-,22+,23+/m0/s1. The number of β-lactam (4-membered cyclic amide) rings is 1. The van der Waals surface area contributed by atoms with E-state index >= 15 is 0 Å². The van der Waals surface area contributed by atoms with Crippen LogP contribution in [-0.4, -0.2) is 58.2 Å². The van der Waals surface area contributed by atoms with Crippen LogP contribution in [0.1, 0.15) is 31.4 Å². The predicted molar refractivity (Wildman–Crippen MR) is 134 cm³/mol. The predicted octanol–water partition coefficient (Wildman–Crippen LogP) is 1.65. The first-order chi connectivity index (χ1) is 17.1. The maximum atomic E-state index is 13.5. The summed E-state index contributed by atoms with van der Waals surface area (Å²) < 4.78 is 24.4. The van der Waals surface area contributed by atoms with Gasteiger partial charge in [0.2, 0.25) is 17.7 Å². The number of H-pyrrole nitrogens is 1. The number of benzene rings is 2. The minimum Gasteiger partial charge on any atom is -0.361 e. The van der Waals surface area contributed by atoms with E-state index in [1.54, 1.807) is 6.20 Å². The number of rotatable bonds is 7. The van der Waals surface area contributed by atoms with Gasteiger partial charge in [-0.3, -0.25) is 14.4 Å². The lowest BCUT2D eigenvalue weighted by molar-refractivity contribution is -0.150. The van der Waals surface area contributed by atoms with Gasteiger partial charge in [0.1, 0.15) is 17.5 Å². The fourth-order valence-electron chi connectivity index (χ4n) is 5.14. The van der Waals surface area contributed by atoms with Crippen LogP contribution in [0.4, 0.5) is 0 Å². The molecule has 3 heterocycles. The van der Waals surface area contributed by atoms with Crippen LogP contribution in [0.25, 0.3) is 10.9 Å². The molecule has 9 nitrogen and oxygen atoms in total. The highest BCUT2D eigenvalue weighted by Crippen LogP contribution is 2.45. The number of hydrogen-bond donors (Lipinski definition) is 3. The van der Waals surface area contributed by atoms with E-state index in [1.807, 2.05) is 54.6 Å². The van der Waals surface area contributed by atoms with Gasteiger partial charge in [-0.25, -0.2) is 8.42 Å². The Hall–Kier alpha value is -3.66. The van der Waals surface area contributed by atoms with Gasteiger partial charge in [-0.15, -0.1) is 0 Å². The molecule has 2 aliphatic heterocycles. The summed E-state index contributed by atoms with van der Waals surface area (Å²) in [6.45, 7) is 3.20. The Morgan fingerprint density at radius 3 is 2.53 bits per heavy atom. The van der Waals surface area contributed by atoms with Crippen molar-refractivity contribution in [1.29, 1.82) is 0 Å². The molecule has 0 radical (unpaired) electrons. The van der Waals surface area contributed by atoms with Crippen molar-refractivity contribution in [2.24, 2.45) is 0 Å². The number of amides is 3. The van der Waals surface area contributed by atoms with Gasteiger partial charge in [0.25, 0.3) is 0 Å². The molecule has 36 heavy (non-hydrogen) atoms. The van der Waals surface area contributed by atoms with E-state index in [-0.39, 0.29) is 25.3 Å². The molecular formula is C26H28N4O5S. The van der Waals surface area contributed by atoms with Gasteiger partial charge in [-0.2, -0.15) is 0 Å². The van der Waals surface area contributed by atoms with E-state index in [2.05, 4.69) is 15.6 Å². The first-order valence-corrected chi connectivity index (χ1v) is 13.4. The Morgan fingerprint density at radius 2 is 1.81 bits per heavy atom. The highest BCUT2D eigenvalue weighted by molar-refractivity contribution is 7.93. The van der Waals surface area contributed by atoms with Crippen molar-refractivity contribution in [1.82, 2.24) is 20.5 Å². The van der Waals surface area contributed by atoms with Crippen LogP contribution in [0.3, 0.4) is 0 Å². The summed E-state index contributed by atoms with van der Waals surface area (Å²) >= 11 is 0. The van der Waals surface area contributed by atoms with E-state index in [1.165, 1.54) is 13.8 Å². The number of sulfone groups is 1. The molecule has 3 atom stereocenters. The largest absolute Gasteiger partial charge is 0.361 e. The zero-order valence-electron chi connectivity index (χ0n) is 20.0. The third-order valence-electron chi connectivity index (χ3n) is 7.27. The summed E-state index contributed by atoms with van der Waals surface area (Å²) in [6.07, 6.45) is 1.87. The number of para-hydroxylation sites is 1. The van der Waals surface area contributed by atoms with Crippen molar-refractivity contribution in [3.8, 4) is 0 Å². The van der Waals surface area contributed by atoms with Crippen molar-refractivity contribution in [3.05, 3.63) is 71.9 Å². The highest BCUT2D eigenvalue weighted by atomic mass is 32.2. The molecule has 188 valence electrons. The summed E-state index contributed by atoms with van der Waals surface area (Å²) in [6, 6.07) is 14.8. The van der Waals surface area contributed by atoms with Gasteiger partial charge in [-0.1, -0.05) is 48.5 Å². The van der Waals surface area contributed by atoms with E-state index in [0.29, 0.717) is 0 Å². The highest BCUT2D eigenvalue weighted by Gasteiger charge is 2.67. The molecule has 10 heteroatoms. The first-order valence-electron chi connectivity index (χ1n) is 11.8. The van der Waals surface area contributed by atoms with Crippen LogP contribution in [0.5, 0.6) is 0 Å². The molecule has 3 amide bonds. The molecule has 0 spiro atoms. The fourth-order valence-corrected chi connectivity index (χ4v) is 7.28. The van der Waals surface area contributed by atoms with E-state index in [4.69, 9.17) is 0 Å². The third-order valence-corrected chi connectivity index (χ3v) is 10.1. The van der Waals surface area contributed by atoms with Gasteiger partial charge in [0, 0.05) is 30.1 Å². The van der Waals surface area contributed by atoms with Crippen LogP contribution in [0.15, 0.2) is 60.8 Å². The van der Waals surface area contributed by atoms with Crippen LogP contribution in [0, 0.1) is 0 Å². The van der Waals surface area contributed by atoms with Crippen LogP contribution < -0.4 is 10.6 Å². The quantitative estimate of drug-likeness (QED) is 0.418. The van der Waals surface area contributed by atoms with Gasteiger partial charge >= 0.3 is 0 Å². The molecule has 2 aromatic carbocycles. The summed E-state index contributed by atoms with van der Waals surface area (Å²) in [5.74, 6) is -1.43. The number of carbonyl (C=O) groups is 3. The molecule has 3 aromatic rings.